The molecule has 0 aliphatic carbocycles. The van der Waals surface area contributed by atoms with E-state index in [4.69, 9.17) is 22.6 Å². The van der Waals surface area contributed by atoms with Crippen molar-refractivity contribution in [2.75, 3.05) is 6.54 Å². The molecule has 0 bridgehead atoms. The Labute approximate surface area is 103 Å². The van der Waals surface area contributed by atoms with E-state index >= 15 is 0 Å². The Balaban J connectivity index is 4.44. The minimum atomic E-state index is -0.510. The van der Waals surface area contributed by atoms with Crippen molar-refractivity contribution in [2.24, 2.45) is 23.1 Å². The second-order valence-electron chi connectivity index (χ2n) is 4.68. The van der Waals surface area contributed by atoms with Gasteiger partial charge in [0.15, 0.2) is 11.7 Å². The number of ketones is 1. The highest BCUT2D eigenvalue weighted by atomic mass is 16.1. The molecule has 0 saturated heterocycles. The molecule has 0 aliphatic heterocycles. The molecule has 0 aliphatic rings. The second kappa shape index (κ2) is 8.03. The minimum absolute atomic E-state index is 0.0950. The molecular formula is C11H25N5O. The first-order valence-electron chi connectivity index (χ1n) is 5.98. The SMILES string of the molecule is CC(C)C[C@@H](N)C(=O)C(CCCN)NC(=N)N. The summed E-state index contributed by atoms with van der Waals surface area (Å²) in [6, 6.07) is -1.01. The molecule has 0 saturated carbocycles. The van der Waals surface area contributed by atoms with Crippen molar-refractivity contribution >= 4 is 11.7 Å². The van der Waals surface area contributed by atoms with Crippen molar-refractivity contribution in [2.45, 2.75) is 45.2 Å². The quantitative estimate of drug-likeness (QED) is 0.290. The van der Waals surface area contributed by atoms with E-state index in [1.165, 1.54) is 0 Å². The van der Waals surface area contributed by atoms with Crippen LogP contribution in [0.4, 0.5) is 0 Å². The Morgan fingerprint density at radius 1 is 1.41 bits per heavy atom. The summed E-state index contributed by atoms with van der Waals surface area (Å²) >= 11 is 0. The number of rotatable bonds is 8. The Morgan fingerprint density at radius 3 is 2.41 bits per heavy atom. The van der Waals surface area contributed by atoms with E-state index in [9.17, 15) is 4.79 Å². The van der Waals surface area contributed by atoms with E-state index in [-0.39, 0.29) is 11.7 Å². The van der Waals surface area contributed by atoms with Crippen molar-refractivity contribution in [1.29, 1.82) is 5.41 Å². The summed E-state index contributed by atoms with van der Waals surface area (Å²) in [5.74, 6) is 0.0564. The van der Waals surface area contributed by atoms with Gasteiger partial charge in [-0.15, -0.1) is 0 Å². The normalized spacial score (nSPS) is 14.4. The van der Waals surface area contributed by atoms with Crippen molar-refractivity contribution < 1.29 is 4.79 Å². The summed E-state index contributed by atoms with van der Waals surface area (Å²) in [4.78, 5) is 12.0. The molecule has 0 amide bonds. The van der Waals surface area contributed by atoms with Crippen LogP contribution in [0.5, 0.6) is 0 Å². The third-order valence-electron chi connectivity index (χ3n) is 2.46. The zero-order valence-corrected chi connectivity index (χ0v) is 10.7. The fraction of sp³-hybridized carbons (Fsp3) is 0.818. The van der Waals surface area contributed by atoms with Crippen LogP contribution in [0.25, 0.3) is 0 Å². The molecule has 0 aromatic heterocycles. The average Bonchev–Trinajstić information content (AvgIpc) is 2.21. The standard InChI is InChI=1S/C11H25N5O/c1-7(2)6-8(13)10(17)9(4-3-5-12)16-11(14)15/h7-9H,3-6,12-13H2,1-2H3,(H4,14,15,16)/t8-,9?/m1/s1. The van der Waals surface area contributed by atoms with Crippen molar-refractivity contribution in [3.05, 3.63) is 0 Å². The van der Waals surface area contributed by atoms with E-state index in [0.717, 1.165) is 0 Å². The monoisotopic (exact) mass is 243 g/mol. The number of guanidine groups is 1. The average molecular weight is 243 g/mol. The molecule has 2 atom stereocenters. The fourth-order valence-electron chi connectivity index (χ4n) is 1.68. The highest BCUT2D eigenvalue weighted by Gasteiger charge is 2.24. The number of hydrogen-bond acceptors (Lipinski definition) is 4. The van der Waals surface area contributed by atoms with Gasteiger partial charge in [-0.3, -0.25) is 10.2 Å². The van der Waals surface area contributed by atoms with Gasteiger partial charge < -0.3 is 22.5 Å². The zero-order chi connectivity index (χ0) is 13.4. The molecule has 8 N–H and O–H groups in total. The van der Waals surface area contributed by atoms with Gasteiger partial charge in [0.2, 0.25) is 0 Å². The van der Waals surface area contributed by atoms with Gasteiger partial charge in [0.05, 0.1) is 12.1 Å². The molecule has 17 heavy (non-hydrogen) atoms. The summed E-state index contributed by atoms with van der Waals surface area (Å²) in [5, 5.41) is 9.82. The number of carbonyl (C=O) groups excluding carboxylic acids is 1. The molecule has 6 nitrogen and oxygen atoms in total. The molecule has 0 radical (unpaired) electrons. The first kappa shape index (κ1) is 15.9. The Hall–Kier alpha value is -1.14. The van der Waals surface area contributed by atoms with Crippen LogP contribution in [-0.4, -0.2) is 30.4 Å². The van der Waals surface area contributed by atoms with Gasteiger partial charge in [0, 0.05) is 0 Å². The number of Topliss-reactive ketones (excluding diaryl/α,β-unsaturated/α-hetero) is 1. The largest absolute Gasteiger partial charge is 0.370 e. The Kier molecular flexibility index (Phi) is 7.49. The summed E-state index contributed by atoms with van der Waals surface area (Å²) < 4.78 is 0. The zero-order valence-electron chi connectivity index (χ0n) is 10.7. The van der Waals surface area contributed by atoms with Crippen LogP contribution in [0.2, 0.25) is 0 Å². The number of nitrogens with two attached hydrogens (primary N) is 3. The molecular weight excluding hydrogens is 218 g/mol. The van der Waals surface area contributed by atoms with Crippen LogP contribution < -0.4 is 22.5 Å². The van der Waals surface area contributed by atoms with Gasteiger partial charge >= 0.3 is 0 Å². The first-order chi connectivity index (χ1) is 7.88. The molecule has 0 aromatic carbocycles. The fourth-order valence-corrected chi connectivity index (χ4v) is 1.68. The highest BCUT2D eigenvalue weighted by Crippen LogP contribution is 2.08. The summed E-state index contributed by atoms with van der Waals surface area (Å²) in [5.41, 5.74) is 16.5. The van der Waals surface area contributed by atoms with Crippen LogP contribution in [0.1, 0.15) is 33.1 Å². The van der Waals surface area contributed by atoms with E-state index in [0.29, 0.717) is 31.7 Å². The molecule has 1 unspecified atom stereocenters. The minimum Gasteiger partial charge on any atom is -0.370 e. The molecule has 0 heterocycles. The third kappa shape index (κ3) is 6.91. The van der Waals surface area contributed by atoms with Crippen molar-refractivity contribution in [1.82, 2.24) is 5.32 Å². The van der Waals surface area contributed by atoms with Crippen LogP contribution in [0, 0.1) is 11.3 Å². The Morgan fingerprint density at radius 2 is 2.00 bits per heavy atom. The predicted octanol–water partition coefficient (Wildman–Crippen LogP) is -0.481. The smallest absolute Gasteiger partial charge is 0.186 e. The highest BCUT2D eigenvalue weighted by molar-refractivity contribution is 5.92. The summed E-state index contributed by atoms with van der Waals surface area (Å²) in [6.07, 6.45) is 1.89. The van der Waals surface area contributed by atoms with E-state index in [1.807, 2.05) is 13.8 Å². The second-order valence-corrected chi connectivity index (χ2v) is 4.68. The van der Waals surface area contributed by atoms with Crippen LogP contribution in [-0.2, 0) is 4.79 Å². The van der Waals surface area contributed by atoms with Gasteiger partial charge in [-0.05, 0) is 31.7 Å². The van der Waals surface area contributed by atoms with Gasteiger partial charge in [-0.1, -0.05) is 13.8 Å². The maximum Gasteiger partial charge on any atom is 0.186 e. The molecule has 0 aromatic rings. The van der Waals surface area contributed by atoms with E-state index in [1.54, 1.807) is 0 Å². The lowest BCUT2D eigenvalue weighted by molar-refractivity contribution is -0.122. The topological polar surface area (TPSA) is 131 Å². The molecule has 100 valence electrons. The Bertz CT molecular complexity index is 254. The molecule has 0 rings (SSSR count). The van der Waals surface area contributed by atoms with Gasteiger partial charge in [0.25, 0.3) is 0 Å². The van der Waals surface area contributed by atoms with Crippen molar-refractivity contribution in [3.8, 4) is 0 Å². The molecule has 0 fully saturated rings. The van der Waals surface area contributed by atoms with Crippen molar-refractivity contribution in [3.63, 3.8) is 0 Å². The molecule has 0 spiro atoms. The molecule has 6 heteroatoms. The van der Waals surface area contributed by atoms with Crippen LogP contribution >= 0.6 is 0 Å². The number of nitrogens with one attached hydrogen (secondary N) is 2. The van der Waals surface area contributed by atoms with Gasteiger partial charge in [-0.25, -0.2) is 0 Å². The lowest BCUT2D eigenvalue weighted by Gasteiger charge is -2.22. The lowest BCUT2D eigenvalue weighted by atomic mass is 9.95. The predicted molar refractivity (Wildman–Crippen MR) is 69.6 cm³/mol. The number of carbonyl (C=O) groups is 1. The number of hydrogen-bond donors (Lipinski definition) is 5. The van der Waals surface area contributed by atoms with Crippen LogP contribution in [0.3, 0.4) is 0 Å². The maximum absolute atomic E-state index is 12.0. The van der Waals surface area contributed by atoms with E-state index in [2.05, 4.69) is 5.32 Å². The van der Waals surface area contributed by atoms with Crippen LogP contribution in [0.15, 0.2) is 0 Å². The van der Waals surface area contributed by atoms with E-state index < -0.39 is 12.1 Å². The first-order valence-corrected chi connectivity index (χ1v) is 5.98. The van der Waals surface area contributed by atoms with Gasteiger partial charge in [-0.2, -0.15) is 0 Å². The summed E-state index contributed by atoms with van der Waals surface area (Å²) in [6.45, 7) is 4.53. The third-order valence-corrected chi connectivity index (χ3v) is 2.46. The lowest BCUT2D eigenvalue weighted by Crippen LogP contribution is -2.50. The summed E-state index contributed by atoms with van der Waals surface area (Å²) in [7, 11) is 0. The maximum atomic E-state index is 12.0. The van der Waals surface area contributed by atoms with Gasteiger partial charge in [0.1, 0.15) is 0 Å².